The van der Waals surface area contributed by atoms with Gasteiger partial charge in [0.1, 0.15) is 0 Å². The predicted molar refractivity (Wildman–Crippen MR) is 74.2 cm³/mol. The van der Waals surface area contributed by atoms with Gasteiger partial charge in [-0.2, -0.15) is 5.26 Å². The van der Waals surface area contributed by atoms with E-state index in [9.17, 15) is 0 Å². The smallest absolute Gasteiger partial charge is 0.0991 e. The zero-order valence-electron chi connectivity index (χ0n) is 9.82. The topological polar surface area (TPSA) is 36.1 Å². The molecule has 0 fully saturated rings. The standard InChI is InChI=1S/C16H12N2/c17-12-15-6-8-16(9-7-15)13-18-11-10-14-4-2-1-3-5-14/h1-11,13H. The second kappa shape index (κ2) is 6.17. The first kappa shape index (κ1) is 11.8. The number of nitriles is 1. The largest absolute Gasteiger partial charge is 0.264 e. The molecule has 0 N–H and O–H groups in total. The van der Waals surface area contributed by atoms with Crippen LogP contribution in [0, 0.1) is 11.3 Å². The molecule has 18 heavy (non-hydrogen) atoms. The summed E-state index contributed by atoms with van der Waals surface area (Å²) in [7, 11) is 0. The van der Waals surface area contributed by atoms with E-state index in [0.717, 1.165) is 11.1 Å². The number of hydrogen-bond donors (Lipinski definition) is 0. The van der Waals surface area contributed by atoms with Crippen LogP contribution in [0.3, 0.4) is 0 Å². The Balaban J connectivity index is 1.99. The molecule has 0 saturated heterocycles. The van der Waals surface area contributed by atoms with Crippen molar-refractivity contribution in [2.24, 2.45) is 4.99 Å². The minimum Gasteiger partial charge on any atom is -0.264 e. The normalized spacial score (nSPS) is 10.8. The van der Waals surface area contributed by atoms with E-state index in [1.165, 1.54) is 0 Å². The highest BCUT2D eigenvalue weighted by Crippen LogP contribution is 2.02. The van der Waals surface area contributed by atoms with Crippen LogP contribution in [0.15, 0.2) is 65.8 Å². The maximum Gasteiger partial charge on any atom is 0.0991 e. The molecule has 0 atom stereocenters. The van der Waals surface area contributed by atoms with Crippen molar-refractivity contribution in [2.75, 3.05) is 0 Å². The quantitative estimate of drug-likeness (QED) is 0.744. The molecule has 0 aliphatic carbocycles. The van der Waals surface area contributed by atoms with Gasteiger partial charge in [-0.1, -0.05) is 42.5 Å². The molecule has 0 unspecified atom stereocenters. The van der Waals surface area contributed by atoms with E-state index in [2.05, 4.69) is 11.1 Å². The summed E-state index contributed by atoms with van der Waals surface area (Å²) in [6.45, 7) is 0. The molecule has 0 saturated carbocycles. The molecule has 86 valence electrons. The molecular weight excluding hydrogens is 220 g/mol. The van der Waals surface area contributed by atoms with Gasteiger partial charge >= 0.3 is 0 Å². The Hall–Kier alpha value is -2.66. The summed E-state index contributed by atoms with van der Waals surface area (Å²) in [4.78, 5) is 4.20. The number of hydrogen-bond acceptors (Lipinski definition) is 2. The van der Waals surface area contributed by atoms with Crippen molar-refractivity contribution in [1.82, 2.24) is 0 Å². The minimum atomic E-state index is 0.659. The van der Waals surface area contributed by atoms with Gasteiger partial charge in [0, 0.05) is 12.4 Å². The average molecular weight is 232 g/mol. The molecular formula is C16H12N2. The lowest BCUT2D eigenvalue weighted by Crippen LogP contribution is -1.80. The lowest BCUT2D eigenvalue weighted by atomic mass is 10.2. The van der Waals surface area contributed by atoms with Gasteiger partial charge in [0.2, 0.25) is 0 Å². The van der Waals surface area contributed by atoms with Gasteiger partial charge in [0.05, 0.1) is 11.6 Å². The molecule has 0 bridgehead atoms. The minimum absolute atomic E-state index is 0.659. The molecule has 0 aliphatic rings. The van der Waals surface area contributed by atoms with E-state index in [1.54, 1.807) is 24.5 Å². The van der Waals surface area contributed by atoms with Crippen molar-refractivity contribution >= 4 is 12.3 Å². The summed E-state index contributed by atoms with van der Waals surface area (Å²) < 4.78 is 0. The summed E-state index contributed by atoms with van der Waals surface area (Å²) in [5.41, 5.74) is 2.76. The fraction of sp³-hybridized carbons (Fsp3) is 0. The van der Waals surface area contributed by atoms with E-state index < -0.39 is 0 Å². The summed E-state index contributed by atoms with van der Waals surface area (Å²) in [6, 6.07) is 19.4. The Morgan fingerprint density at radius 2 is 1.61 bits per heavy atom. The van der Waals surface area contributed by atoms with Gasteiger partial charge in [-0.05, 0) is 29.3 Å². The average Bonchev–Trinajstić information content (AvgIpc) is 2.45. The van der Waals surface area contributed by atoms with Crippen molar-refractivity contribution in [1.29, 1.82) is 5.26 Å². The number of benzene rings is 2. The molecule has 0 spiro atoms. The van der Waals surface area contributed by atoms with Crippen molar-refractivity contribution in [3.05, 3.63) is 77.5 Å². The molecule has 2 nitrogen and oxygen atoms in total. The third kappa shape index (κ3) is 3.43. The summed E-state index contributed by atoms with van der Waals surface area (Å²) in [5.74, 6) is 0. The molecule has 2 heteroatoms. The Labute approximate surface area is 107 Å². The molecule has 0 radical (unpaired) electrons. The first-order valence-corrected chi connectivity index (χ1v) is 5.63. The number of rotatable bonds is 3. The summed E-state index contributed by atoms with van der Waals surface area (Å²) in [6.07, 6.45) is 5.47. The highest BCUT2D eigenvalue weighted by Gasteiger charge is 1.89. The van der Waals surface area contributed by atoms with Crippen LogP contribution in [0.25, 0.3) is 6.08 Å². The summed E-state index contributed by atoms with van der Waals surface area (Å²) >= 11 is 0. The Morgan fingerprint density at radius 1 is 0.889 bits per heavy atom. The van der Waals surface area contributed by atoms with Crippen LogP contribution in [0.5, 0.6) is 0 Å². The van der Waals surface area contributed by atoms with Crippen LogP contribution in [0.2, 0.25) is 0 Å². The van der Waals surface area contributed by atoms with Crippen molar-refractivity contribution < 1.29 is 0 Å². The zero-order valence-corrected chi connectivity index (χ0v) is 9.82. The molecule has 2 aromatic carbocycles. The molecule has 0 heterocycles. The highest BCUT2D eigenvalue weighted by molar-refractivity contribution is 5.80. The van der Waals surface area contributed by atoms with Crippen LogP contribution < -0.4 is 0 Å². The number of nitrogens with zero attached hydrogens (tertiary/aromatic N) is 2. The van der Waals surface area contributed by atoms with Crippen LogP contribution in [0.4, 0.5) is 0 Å². The Kier molecular flexibility index (Phi) is 4.05. The maximum atomic E-state index is 8.67. The fourth-order valence-electron chi connectivity index (χ4n) is 1.47. The van der Waals surface area contributed by atoms with Crippen molar-refractivity contribution in [2.45, 2.75) is 0 Å². The van der Waals surface area contributed by atoms with Gasteiger partial charge in [0.15, 0.2) is 0 Å². The first-order valence-electron chi connectivity index (χ1n) is 5.63. The SMILES string of the molecule is N#Cc1ccc(C=NC=Cc2ccccc2)cc1. The third-order valence-corrected chi connectivity index (χ3v) is 2.42. The van der Waals surface area contributed by atoms with Gasteiger partial charge in [-0.3, -0.25) is 4.99 Å². The van der Waals surface area contributed by atoms with Crippen molar-refractivity contribution in [3.63, 3.8) is 0 Å². The molecule has 2 rings (SSSR count). The Morgan fingerprint density at radius 3 is 2.28 bits per heavy atom. The van der Waals surface area contributed by atoms with Gasteiger partial charge in [0.25, 0.3) is 0 Å². The van der Waals surface area contributed by atoms with E-state index in [-0.39, 0.29) is 0 Å². The summed E-state index contributed by atoms with van der Waals surface area (Å²) in [5, 5.41) is 8.67. The van der Waals surface area contributed by atoms with Crippen LogP contribution in [0.1, 0.15) is 16.7 Å². The van der Waals surface area contributed by atoms with E-state index in [1.807, 2.05) is 48.5 Å². The van der Waals surface area contributed by atoms with Gasteiger partial charge in [-0.25, -0.2) is 0 Å². The highest BCUT2D eigenvalue weighted by atomic mass is 14.7. The fourth-order valence-corrected chi connectivity index (χ4v) is 1.47. The molecule has 0 amide bonds. The van der Waals surface area contributed by atoms with Gasteiger partial charge < -0.3 is 0 Å². The van der Waals surface area contributed by atoms with E-state index in [0.29, 0.717) is 5.56 Å². The first-order chi connectivity index (χ1) is 8.88. The number of aliphatic imine (C=N–C) groups is 1. The monoisotopic (exact) mass is 232 g/mol. The lowest BCUT2D eigenvalue weighted by Gasteiger charge is -1.91. The van der Waals surface area contributed by atoms with E-state index >= 15 is 0 Å². The van der Waals surface area contributed by atoms with Crippen LogP contribution >= 0.6 is 0 Å². The van der Waals surface area contributed by atoms with Gasteiger partial charge in [-0.15, -0.1) is 0 Å². The maximum absolute atomic E-state index is 8.67. The second-order valence-electron chi connectivity index (χ2n) is 3.74. The van der Waals surface area contributed by atoms with Crippen molar-refractivity contribution in [3.8, 4) is 6.07 Å². The third-order valence-electron chi connectivity index (χ3n) is 2.42. The lowest BCUT2D eigenvalue weighted by molar-refractivity contribution is 1.48. The predicted octanol–water partition coefficient (Wildman–Crippen LogP) is 3.65. The Bertz CT molecular complexity index is 587. The zero-order chi connectivity index (χ0) is 12.6. The molecule has 2 aromatic rings. The molecule has 0 aliphatic heterocycles. The van der Waals surface area contributed by atoms with Crippen LogP contribution in [-0.4, -0.2) is 6.21 Å². The molecule has 0 aromatic heterocycles. The van der Waals surface area contributed by atoms with E-state index in [4.69, 9.17) is 5.26 Å². The van der Waals surface area contributed by atoms with Crippen LogP contribution in [-0.2, 0) is 0 Å². The second-order valence-corrected chi connectivity index (χ2v) is 3.74.